The van der Waals surface area contributed by atoms with Gasteiger partial charge < -0.3 is 25.2 Å². The number of hydrogen-bond donors (Lipinski definition) is 3. The van der Waals surface area contributed by atoms with E-state index in [9.17, 15) is 9.59 Å². The number of amides is 2. The molecule has 1 aromatic rings. The van der Waals surface area contributed by atoms with Gasteiger partial charge in [-0.3, -0.25) is 4.79 Å². The zero-order valence-electron chi connectivity index (χ0n) is 26.5. The number of rotatable bonds is 24. The molecule has 0 radical (unpaired) electrons. The number of benzene rings is 1. The number of likely N-dealkylation sites (N-methyl/N-ethyl adjacent to an activating group) is 1. The number of alkyl carbamates (subject to hydrolysis) is 1. The summed E-state index contributed by atoms with van der Waals surface area (Å²) in [5.41, 5.74) is 0.904. The van der Waals surface area contributed by atoms with E-state index in [-0.39, 0.29) is 12.5 Å². The molecule has 0 aliphatic rings. The van der Waals surface area contributed by atoms with Crippen LogP contribution in [0.15, 0.2) is 30.3 Å². The Morgan fingerprint density at radius 2 is 1.41 bits per heavy atom. The Balaban J connectivity index is 2.25. The molecule has 0 aliphatic carbocycles. The number of carbonyl (C=O) groups excluding carboxylic acids is 2. The van der Waals surface area contributed by atoms with Crippen molar-refractivity contribution >= 4 is 29.2 Å². The Bertz CT molecular complexity index is 830. The zero-order valence-corrected chi connectivity index (χ0v) is 27.3. The molecule has 0 spiro atoms. The van der Waals surface area contributed by atoms with E-state index in [1.807, 2.05) is 30.3 Å². The predicted molar refractivity (Wildman–Crippen MR) is 175 cm³/mol. The highest BCUT2D eigenvalue weighted by Gasteiger charge is 2.21. The topological polar surface area (TPSA) is 79.5 Å². The SMILES string of the molecule is CCCCCCCCCCCCCC(=S)NCCCC[C@H](NC(=O)OCc1ccccc1)C(=O)NCC[N+](C)(C)C. The zero-order chi connectivity index (χ0) is 30.2. The van der Waals surface area contributed by atoms with Gasteiger partial charge >= 0.3 is 6.09 Å². The Labute approximate surface area is 256 Å². The summed E-state index contributed by atoms with van der Waals surface area (Å²) in [5, 5.41) is 9.11. The standard InChI is InChI=1S/C33H58N4O3S/c1-5-6-7-8-9-10-11-12-13-14-18-24-31(41)34-25-20-19-23-30(32(38)35-26-27-37(2,3)4)36-33(39)40-28-29-21-16-15-17-22-29/h15-17,21-22,30H,5-14,18-20,23-28H2,1-4H3,(H2-,34,35,36,38,39,41)/p+1/t30-/m0/s1. The summed E-state index contributed by atoms with van der Waals surface area (Å²) in [6.45, 7) is 4.57. The molecule has 41 heavy (non-hydrogen) atoms. The highest BCUT2D eigenvalue weighted by atomic mass is 32.1. The van der Waals surface area contributed by atoms with E-state index in [0.717, 1.165) is 53.8 Å². The summed E-state index contributed by atoms with van der Waals surface area (Å²) in [6.07, 6.45) is 17.2. The molecule has 3 N–H and O–H groups in total. The van der Waals surface area contributed by atoms with E-state index in [4.69, 9.17) is 17.0 Å². The lowest BCUT2D eigenvalue weighted by atomic mass is 10.1. The predicted octanol–water partition coefficient (Wildman–Crippen LogP) is 6.89. The molecule has 0 fully saturated rings. The van der Waals surface area contributed by atoms with E-state index in [0.29, 0.717) is 13.0 Å². The molecule has 8 heteroatoms. The molecule has 2 amide bonds. The lowest BCUT2D eigenvalue weighted by Crippen LogP contribution is -2.49. The molecule has 0 saturated carbocycles. The summed E-state index contributed by atoms with van der Waals surface area (Å²) in [5.74, 6) is -0.171. The normalized spacial score (nSPS) is 12.0. The van der Waals surface area contributed by atoms with Crippen molar-refractivity contribution < 1.29 is 18.8 Å². The van der Waals surface area contributed by atoms with Gasteiger partial charge in [0.25, 0.3) is 0 Å². The fourth-order valence-corrected chi connectivity index (χ4v) is 4.80. The maximum Gasteiger partial charge on any atom is 0.408 e. The van der Waals surface area contributed by atoms with Gasteiger partial charge in [-0.1, -0.05) is 114 Å². The third-order valence-corrected chi connectivity index (χ3v) is 7.50. The molecule has 1 aromatic carbocycles. The first kappa shape index (κ1) is 36.8. The highest BCUT2D eigenvalue weighted by Crippen LogP contribution is 2.12. The van der Waals surface area contributed by atoms with Gasteiger partial charge in [0, 0.05) is 6.54 Å². The first-order valence-electron chi connectivity index (χ1n) is 16.0. The van der Waals surface area contributed by atoms with Crippen molar-refractivity contribution in [2.45, 2.75) is 116 Å². The van der Waals surface area contributed by atoms with Crippen LogP contribution in [0.25, 0.3) is 0 Å². The second-order valence-electron chi connectivity index (χ2n) is 12.2. The molecule has 1 rings (SSSR count). The van der Waals surface area contributed by atoms with Crippen LogP contribution in [0.2, 0.25) is 0 Å². The quantitative estimate of drug-likeness (QED) is 0.0693. The number of ether oxygens (including phenoxy) is 1. The van der Waals surface area contributed by atoms with Gasteiger partial charge in [0.2, 0.25) is 5.91 Å². The van der Waals surface area contributed by atoms with Crippen molar-refractivity contribution in [3.8, 4) is 0 Å². The molecule has 234 valence electrons. The number of hydrogen-bond acceptors (Lipinski definition) is 4. The second-order valence-corrected chi connectivity index (χ2v) is 12.7. The molecule has 0 aliphatic heterocycles. The summed E-state index contributed by atoms with van der Waals surface area (Å²) in [4.78, 5) is 26.2. The van der Waals surface area contributed by atoms with Crippen molar-refractivity contribution in [1.29, 1.82) is 0 Å². The average Bonchev–Trinajstić information content (AvgIpc) is 2.93. The molecule has 0 saturated heterocycles. The third kappa shape index (κ3) is 22.1. The second kappa shape index (κ2) is 23.4. The molecule has 7 nitrogen and oxygen atoms in total. The molecule has 0 bridgehead atoms. The number of carbonyl (C=O) groups is 2. The maximum absolute atomic E-state index is 12.9. The largest absolute Gasteiger partial charge is 0.445 e. The van der Waals surface area contributed by atoms with Crippen LogP contribution in [0.5, 0.6) is 0 Å². The van der Waals surface area contributed by atoms with Crippen LogP contribution >= 0.6 is 12.2 Å². The van der Waals surface area contributed by atoms with Crippen molar-refractivity contribution in [2.24, 2.45) is 0 Å². The van der Waals surface area contributed by atoms with Gasteiger partial charge in [-0.25, -0.2) is 4.79 Å². The Morgan fingerprint density at radius 3 is 2.02 bits per heavy atom. The Kier molecular flexibility index (Phi) is 21.0. The monoisotopic (exact) mass is 591 g/mol. The lowest BCUT2D eigenvalue weighted by Gasteiger charge is -2.25. The van der Waals surface area contributed by atoms with Gasteiger partial charge in [-0.15, -0.1) is 0 Å². The number of nitrogens with one attached hydrogen (secondary N) is 3. The molecule has 0 heterocycles. The Morgan fingerprint density at radius 1 is 0.805 bits per heavy atom. The van der Waals surface area contributed by atoms with Crippen LogP contribution in [0.1, 0.15) is 109 Å². The minimum absolute atomic E-state index is 0.170. The van der Waals surface area contributed by atoms with Crippen LogP contribution in [0.3, 0.4) is 0 Å². The minimum Gasteiger partial charge on any atom is -0.445 e. The van der Waals surface area contributed by atoms with Gasteiger partial charge in [0.1, 0.15) is 12.6 Å². The van der Waals surface area contributed by atoms with E-state index in [1.54, 1.807) is 0 Å². The van der Waals surface area contributed by atoms with E-state index in [2.05, 4.69) is 44.0 Å². The molecule has 1 atom stereocenters. The molecule has 0 unspecified atom stereocenters. The average molecular weight is 592 g/mol. The first-order chi connectivity index (χ1) is 19.7. The van der Waals surface area contributed by atoms with Crippen LogP contribution in [-0.4, -0.2) is 68.3 Å². The van der Waals surface area contributed by atoms with Crippen LogP contribution in [0, 0.1) is 0 Å². The minimum atomic E-state index is -0.631. The van der Waals surface area contributed by atoms with Crippen molar-refractivity contribution in [2.75, 3.05) is 40.8 Å². The summed E-state index contributed by atoms with van der Waals surface area (Å²) in [6, 6.07) is 8.89. The van der Waals surface area contributed by atoms with E-state index >= 15 is 0 Å². The van der Waals surface area contributed by atoms with Gasteiger partial charge in [-0.05, 0) is 37.7 Å². The van der Waals surface area contributed by atoms with Crippen molar-refractivity contribution in [3.05, 3.63) is 35.9 Å². The first-order valence-corrected chi connectivity index (χ1v) is 16.4. The van der Waals surface area contributed by atoms with E-state index in [1.165, 1.54) is 64.2 Å². The van der Waals surface area contributed by atoms with E-state index < -0.39 is 12.1 Å². The third-order valence-electron chi connectivity index (χ3n) is 7.15. The van der Waals surface area contributed by atoms with Crippen LogP contribution < -0.4 is 16.0 Å². The molecule has 0 aromatic heterocycles. The van der Waals surface area contributed by atoms with Crippen molar-refractivity contribution in [1.82, 2.24) is 16.0 Å². The van der Waals surface area contributed by atoms with Crippen LogP contribution in [-0.2, 0) is 16.1 Å². The lowest BCUT2D eigenvalue weighted by molar-refractivity contribution is -0.869. The molecular weight excluding hydrogens is 532 g/mol. The van der Waals surface area contributed by atoms with Gasteiger partial charge in [0.05, 0.1) is 39.2 Å². The van der Waals surface area contributed by atoms with Gasteiger partial charge in [-0.2, -0.15) is 0 Å². The summed E-state index contributed by atoms with van der Waals surface area (Å²) in [7, 11) is 6.24. The highest BCUT2D eigenvalue weighted by molar-refractivity contribution is 7.80. The maximum atomic E-state index is 12.9. The van der Waals surface area contributed by atoms with Crippen molar-refractivity contribution in [3.63, 3.8) is 0 Å². The summed E-state index contributed by atoms with van der Waals surface area (Å²) >= 11 is 5.52. The Hall–Kier alpha value is -2.19. The number of thiocarbonyl (C=S) groups is 1. The number of quaternary nitrogens is 1. The fourth-order valence-electron chi connectivity index (χ4n) is 4.55. The number of unbranched alkanes of at least 4 members (excludes halogenated alkanes) is 11. The van der Waals surface area contributed by atoms with Gasteiger partial charge in [0.15, 0.2) is 0 Å². The number of nitrogens with zero attached hydrogens (tertiary/aromatic N) is 1. The summed E-state index contributed by atoms with van der Waals surface area (Å²) < 4.78 is 6.11. The fraction of sp³-hybridized carbons (Fsp3) is 0.727. The smallest absolute Gasteiger partial charge is 0.408 e. The molecular formula is C33H59N4O3S+. The van der Waals surface area contributed by atoms with Crippen LogP contribution in [0.4, 0.5) is 4.79 Å².